The summed E-state index contributed by atoms with van der Waals surface area (Å²) in [4.78, 5) is 16.5. The number of hydrogen-bond acceptors (Lipinski definition) is 4. The molecular weight excluding hydrogens is 421 g/mol. The Balaban J connectivity index is 1.88. The number of nitriles is 1. The van der Waals surface area contributed by atoms with Gasteiger partial charge in [0.15, 0.2) is 0 Å². The summed E-state index contributed by atoms with van der Waals surface area (Å²) < 4.78 is 5.73. The van der Waals surface area contributed by atoms with Gasteiger partial charge in [-0.15, -0.1) is 0 Å². The first kappa shape index (κ1) is 21.1. The SMILES string of the molecule is C=Cc1c(N=C)cccc1NC(=O)/C(C#N)=C/c1ccc(-c2cc(Cl)ccc2Cl)o1. The first-order valence-electron chi connectivity index (χ1n) is 8.67. The molecule has 0 fully saturated rings. The fourth-order valence-electron chi connectivity index (χ4n) is 2.76. The van der Waals surface area contributed by atoms with Crippen molar-refractivity contribution in [2.75, 3.05) is 5.32 Å². The van der Waals surface area contributed by atoms with Crippen molar-refractivity contribution in [3.05, 3.63) is 82.1 Å². The zero-order chi connectivity index (χ0) is 21.7. The number of nitrogens with one attached hydrogen (secondary N) is 1. The number of halogens is 2. The molecule has 0 atom stereocenters. The average molecular weight is 436 g/mol. The fraction of sp³-hybridized carbons (Fsp3) is 0. The molecule has 30 heavy (non-hydrogen) atoms. The van der Waals surface area contributed by atoms with Crippen LogP contribution in [0.1, 0.15) is 11.3 Å². The van der Waals surface area contributed by atoms with Crippen LogP contribution in [0.2, 0.25) is 10.0 Å². The van der Waals surface area contributed by atoms with Crippen molar-refractivity contribution in [1.29, 1.82) is 5.26 Å². The second-order valence-corrected chi connectivity index (χ2v) is 6.89. The Kier molecular flexibility index (Phi) is 6.53. The maximum Gasteiger partial charge on any atom is 0.266 e. The number of anilines is 1. The third-order valence-corrected chi connectivity index (χ3v) is 4.74. The summed E-state index contributed by atoms with van der Waals surface area (Å²) in [6, 6.07) is 15.4. The summed E-state index contributed by atoms with van der Waals surface area (Å²) in [5, 5.41) is 13.1. The summed E-state index contributed by atoms with van der Waals surface area (Å²) in [5.74, 6) is 0.184. The molecule has 1 amide bonds. The lowest BCUT2D eigenvalue weighted by atomic mass is 10.1. The van der Waals surface area contributed by atoms with Gasteiger partial charge in [-0.25, -0.2) is 0 Å². The van der Waals surface area contributed by atoms with Crippen molar-refractivity contribution >= 4 is 59.4 Å². The minimum atomic E-state index is -0.597. The first-order valence-corrected chi connectivity index (χ1v) is 9.43. The van der Waals surface area contributed by atoms with Crippen molar-refractivity contribution < 1.29 is 9.21 Å². The zero-order valence-corrected chi connectivity index (χ0v) is 17.2. The van der Waals surface area contributed by atoms with Crippen LogP contribution in [-0.4, -0.2) is 12.6 Å². The standard InChI is InChI=1S/C23H15Cl2N3O2/c1-3-17-20(27-2)5-4-6-21(17)28-23(29)14(13-26)11-16-8-10-22(30-16)18-12-15(24)7-9-19(18)25/h3-12H,1-2H2,(H,28,29)/b14-11+. The van der Waals surface area contributed by atoms with E-state index in [0.717, 1.165) is 0 Å². The second-order valence-electron chi connectivity index (χ2n) is 6.05. The number of carbonyl (C=O) groups is 1. The van der Waals surface area contributed by atoms with Crippen LogP contribution < -0.4 is 5.32 Å². The lowest BCUT2D eigenvalue weighted by molar-refractivity contribution is -0.112. The maximum absolute atomic E-state index is 12.6. The molecule has 1 N–H and O–H groups in total. The van der Waals surface area contributed by atoms with Gasteiger partial charge in [0, 0.05) is 22.2 Å². The van der Waals surface area contributed by atoms with Gasteiger partial charge in [-0.1, -0.05) is 41.9 Å². The summed E-state index contributed by atoms with van der Waals surface area (Å²) in [6.45, 7) is 7.23. The molecule has 0 aliphatic carbocycles. The van der Waals surface area contributed by atoms with Gasteiger partial charge in [0.25, 0.3) is 5.91 Å². The van der Waals surface area contributed by atoms with Crippen LogP contribution in [0.25, 0.3) is 23.5 Å². The van der Waals surface area contributed by atoms with E-state index in [-0.39, 0.29) is 5.57 Å². The number of amides is 1. The molecule has 3 rings (SSSR count). The van der Waals surface area contributed by atoms with E-state index >= 15 is 0 Å². The quantitative estimate of drug-likeness (QED) is 0.263. The van der Waals surface area contributed by atoms with Crippen LogP contribution in [0.4, 0.5) is 11.4 Å². The van der Waals surface area contributed by atoms with Gasteiger partial charge < -0.3 is 9.73 Å². The van der Waals surface area contributed by atoms with Gasteiger partial charge in [0.2, 0.25) is 0 Å². The Morgan fingerprint density at radius 1 is 1.20 bits per heavy atom. The number of hydrogen-bond donors (Lipinski definition) is 1. The van der Waals surface area contributed by atoms with E-state index < -0.39 is 5.91 Å². The normalized spacial score (nSPS) is 10.9. The summed E-state index contributed by atoms with van der Waals surface area (Å²) in [6.07, 6.45) is 2.91. The molecule has 0 aliphatic rings. The monoisotopic (exact) mass is 435 g/mol. The first-order chi connectivity index (χ1) is 14.5. The van der Waals surface area contributed by atoms with E-state index in [4.69, 9.17) is 27.6 Å². The van der Waals surface area contributed by atoms with E-state index in [2.05, 4.69) is 23.6 Å². The number of carbonyl (C=O) groups excluding carboxylic acids is 1. The third kappa shape index (κ3) is 4.52. The predicted octanol–water partition coefficient (Wildman–Crippen LogP) is 6.77. The molecule has 0 aliphatic heterocycles. The highest BCUT2D eigenvalue weighted by Gasteiger charge is 2.15. The minimum absolute atomic E-state index is 0.139. The number of furan rings is 1. The Morgan fingerprint density at radius 3 is 2.70 bits per heavy atom. The summed E-state index contributed by atoms with van der Waals surface area (Å²) in [5.41, 5.74) is 2.11. The van der Waals surface area contributed by atoms with Gasteiger partial charge in [-0.2, -0.15) is 5.26 Å². The molecule has 0 radical (unpaired) electrons. The van der Waals surface area contributed by atoms with Gasteiger partial charge >= 0.3 is 0 Å². The molecule has 5 nitrogen and oxygen atoms in total. The smallest absolute Gasteiger partial charge is 0.266 e. The topological polar surface area (TPSA) is 78.4 Å². The highest BCUT2D eigenvalue weighted by molar-refractivity contribution is 6.35. The van der Waals surface area contributed by atoms with E-state index in [1.54, 1.807) is 54.6 Å². The van der Waals surface area contributed by atoms with Crippen molar-refractivity contribution in [3.63, 3.8) is 0 Å². The Hall–Kier alpha value is -3.59. The van der Waals surface area contributed by atoms with E-state index in [1.165, 1.54) is 6.08 Å². The van der Waals surface area contributed by atoms with E-state index in [9.17, 15) is 10.1 Å². The van der Waals surface area contributed by atoms with Gasteiger partial charge in [-0.05, 0) is 49.2 Å². The third-order valence-electron chi connectivity index (χ3n) is 4.18. The lowest BCUT2D eigenvalue weighted by Gasteiger charge is -2.10. The second kappa shape index (κ2) is 9.27. The van der Waals surface area contributed by atoms with Crippen molar-refractivity contribution in [2.45, 2.75) is 0 Å². The number of benzene rings is 2. The fourth-order valence-corrected chi connectivity index (χ4v) is 3.14. The average Bonchev–Trinajstić information content (AvgIpc) is 3.21. The molecule has 3 aromatic rings. The molecule has 0 saturated heterocycles. The van der Waals surface area contributed by atoms with E-state index in [0.29, 0.717) is 44.1 Å². The molecule has 148 valence electrons. The summed E-state index contributed by atoms with van der Waals surface area (Å²) >= 11 is 12.2. The number of aliphatic imine (C=N–C) groups is 1. The molecule has 7 heteroatoms. The van der Waals surface area contributed by atoms with Crippen LogP contribution >= 0.6 is 23.2 Å². The van der Waals surface area contributed by atoms with Crippen LogP contribution in [0, 0.1) is 11.3 Å². The zero-order valence-electron chi connectivity index (χ0n) is 15.7. The van der Waals surface area contributed by atoms with Crippen LogP contribution in [-0.2, 0) is 4.79 Å². The van der Waals surface area contributed by atoms with Crippen molar-refractivity contribution in [1.82, 2.24) is 0 Å². The van der Waals surface area contributed by atoms with Crippen LogP contribution in [0.5, 0.6) is 0 Å². The largest absolute Gasteiger partial charge is 0.457 e. The van der Waals surface area contributed by atoms with Crippen LogP contribution in [0.15, 0.2) is 70.1 Å². The molecule has 0 spiro atoms. The summed E-state index contributed by atoms with van der Waals surface area (Å²) in [7, 11) is 0. The van der Waals surface area contributed by atoms with Crippen molar-refractivity contribution in [2.24, 2.45) is 4.99 Å². The van der Waals surface area contributed by atoms with Gasteiger partial charge in [0.05, 0.1) is 16.4 Å². The number of rotatable bonds is 6. The molecule has 0 saturated carbocycles. The molecule has 0 unspecified atom stereocenters. The van der Waals surface area contributed by atoms with Gasteiger partial charge in [-0.3, -0.25) is 9.79 Å². The Bertz CT molecular complexity index is 1220. The van der Waals surface area contributed by atoms with Crippen LogP contribution in [0.3, 0.4) is 0 Å². The highest BCUT2D eigenvalue weighted by atomic mass is 35.5. The molecular formula is C23H15Cl2N3O2. The molecule has 2 aromatic carbocycles. The lowest BCUT2D eigenvalue weighted by Crippen LogP contribution is -2.14. The predicted molar refractivity (Wildman–Crippen MR) is 122 cm³/mol. The molecule has 1 aromatic heterocycles. The molecule has 1 heterocycles. The Labute approximate surface area is 183 Å². The minimum Gasteiger partial charge on any atom is -0.457 e. The maximum atomic E-state index is 12.6. The van der Waals surface area contributed by atoms with Gasteiger partial charge in [0.1, 0.15) is 23.2 Å². The molecule has 0 bridgehead atoms. The number of nitrogens with zero attached hydrogens (tertiary/aromatic N) is 2. The van der Waals surface area contributed by atoms with E-state index in [1.807, 2.05) is 6.07 Å². The Morgan fingerprint density at radius 2 is 2.00 bits per heavy atom. The highest BCUT2D eigenvalue weighted by Crippen LogP contribution is 2.32. The van der Waals surface area contributed by atoms with Crippen molar-refractivity contribution in [3.8, 4) is 17.4 Å².